The largest absolute Gasteiger partial charge is 0.351 e. The lowest BCUT2D eigenvalue weighted by atomic mass is 9.94. The van der Waals surface area contributed by atoms with Crippen molar-refractivity contribution in [3.05, 3.63) is 22.2 Å². The van der Waals surface area contributed by atoms with Gasteiger partial charge in [0.05, 0.1) is 5.69 Å². The fourth-order valence-electron chi connectivity index (χ4n) is 2.88. The molecule has 0 saturated carbocycles. The van der Waals surface area contributed by atoms with E-state index in [4.69, 9.17) is 0 Å². The lowest BCUT2D eigenvalue weighted by Gasteiger charge is -2.33. The van der Waals surface area contributed by atoms with Crippen LogP contribution in [0.3, 0.4) is 0 Å². The van der Waals surface area contributed by atoms with Gasteiger partial charge in [0.25, 0.3) is 5.91 Å². The third kappa shape index (κ3) is 4.88. The van der Waals surface area contributed by atoms with Crippen LogP contribution in [-0.4, -0.2) is 46.6 Å². The van der Waals surface area contributed by atoms with Crippen molar-refractivity contribution in [2.24, 2.45) is 5.92 Å². The number of likely N-dealkylation sites (tertiary alicyclic amines) is 1. The minimum Gasteiger partial charge on any atom is -0.351 e. The maximum atomic E-state index is 12.0. The highest BCUT2D eigenvalue weighted by atomic mass is 32.1. The Morgan fingerprint density at radius 3 is 3.05 bits per heavy atom. The summed E-state index contributed by atoms with van der Waals surface area (Å²) < 4.78 is 3.81. The van der Waals surface area contributed by atoms with E-state index in [0.29, 0.717) is 16.5 Å². The molecule has 1 aliphatic heterocycles. The Balaban J connectivity index is 1.72. The van der Waals surface area contributed by atoms with Gasteiger partial charge in [0.1, 0.15) is 4.88 Å². The molecule has 1 fully saturated rings. The molecule has 1 aliphatic rings. The first kappa shape index (κ1) is 17.1. The van der Waals surface area contributed by atoms with Crippen molar-refractivity contribution < 1.29 is 4.79 Å². The van der Waals surface area contributed by atoms with E-state index in [-0.39, 0.29) is 5.91 Å². The van der Waals surface area contributed by atoms with E-state index >= 15 is 0 Å². The van der Waals surface area contributed by atoms with Gasteiger partial charge in [-0.25, -0.2) is 0 Å². The van der Waals surface area contributed by atoms with Gasteiger partial charge in [-0.05, 0) is 64.0 Å². The number of amides is 1. The minimum atomic E-state index is -0.0371. The number of carbonyl (C=O) groups is 1. The molecule has 1 saturated heterocycles. The molecular weight excluding hydrogens is 296 g/mol. The van der Waals surface area contributed by atoms with Crippen molar-refractivity contribution in [1.29, 1.82) is 0 Å². The molecule has 1 amide bonds. The van der Waals surface area contributed by atoms with Crippen LogP contribution >= 0.6 is 11.5 Å². The lowest BCUT2D eigenvalue weighted by Crippen LogP contribution is -2.38. The molecular formula is C16H26N4OS. The summed E-state index contributed by atoms with van der Waals surface area (Å²) in [5.41, 5.74) is 2.15. The van der Waals surface area contributed by atoms with Gasteiger partial charge in [-0.2, -0.15) is 0 Å². The molecule has 0 aliphatic carbocycles. The fraction of sp³-hybridized carbons (Fsp3) is 0.688. The Morgan fingerprint density at radius 2 is 2.36 bits per heavy atom. The van der Waals surface area contributed by atoms with Crippen molar-refractivity contribution in [3.8, 4) is 0 Å². The summed E-state index contributed by atoms with van der Waals surface area (Å²) in [7, 11) is 0. The lowest BCUT2D eigenvalue weighted by molar-refractivity contribution is 0.0950. The van der Waals surface area contributed by atoms with E-state index in [9.17, 15) is 4.79 Å². The minimum absolute atomic E-state index is 0.0371. The van der Waals surface area contributed by atoms with E-state index in [1.54, 1.807) is 0 Å². The van der Waals surface area contributed by atoms with Crippen LogP contribution in [0.15, 0.2) is 11.6 Å². The van der Waals surface area contributed by atoms with Crippen LogP contribution in [0.5, 0.6) is 0 Å². The maximum absolute atomic E-state index is 12.0. The van der Waals surface area contributed by atoms with Crippen molar-refractivity contribution in [1.82, 2.24) is 19.8 Å². The quantitative estimate of drug-likeness (QED) is 0.818. The number of piperidine rings is 1. The smallest absolute Gasteiger partial charge is 0.264 e. The van der Waals surface area contributed by atoms with Gasteiger partial charge in [-0.3, -0.25) is 9.69 Å². The standard InChI is InChI=1S/C16H26N4OS/c1-4-12(2)10-20-9-5-6-14(11-20)7-8-17-16(21)15-13(3)18-19-22-15/h4,14H,5-11H2,1-3H3,(H,17,21)/b12-4+/t14-/m0/s1. The molecule has 0 aromatic carbocycles. The van der Waals surface area contributed by atoms with Gasteiger partial charge >= 0.3 is 0 Å². The molecule has 5 nitrogen and oxygen atoms in total. The molecule has 1 aromatic heterocycles. The zero-order valence-electron chi connectivity index (χ0n) is 13.8. The second-order valence-corrected chi connectivity index (χ2v) is 6.86. The molecule has 1 aromatic rings. The number of allylic oxidation sites excluding steroid dienone is 1. The Hall–Kier alpha value is -1.27. The predicted octanol–water partition coefficient (Wildman–Crippen LogP) is 2.64. The highest BCUT2D eigenvalue weighted by Gasteiger charge is 2.20. The molecule has 0 bridgehead atoms. The van der Waals surface area contributed by atoms with Crippen LogP contribution in [0, 0.1) is 12.8 Å². The molecule has 1 atom stereocenters. The summed E-state index contributed by atoms with van der Waals surface area (Å²) in [6.07, 6.45) is 5.76. The number of rotatable bonds is 6. The zero-order valence-corrected chi connectivity index (χ0v) is 14.6. The maximum Gasteiger partial charge on any atom is 0.264 e. The summed E-state index contributed by atoms with van der Waals surface area (Å²) in [4.78, 5) is 15.2. The summed E-state index contributed by atoms with van der Waals surface area (Å²) in [6.45, 7) is 10.3. The third-order valence-electron chi connectivity index (χ3n) is 4.26. The number of nitrogens with zero attached hydrogens (tertiary/aromatic N) is 3. The summed E-state index contributed by atoms with van der Waals surface area (Å²) in [5.74, 6) is 0.643. The highest BCUT2D eigenvalue weighted by Crippen LogP contribution is 2.20. The number of hydrogen-bond donors (Lipinski definition) is 1. The van der Waals surface area contributed by atoms with Crippen molar-refractivity contribution >= 4 is 17.4 Å². The molecule has 6 heteroatoms. The second kappa shape index (κ2) is 8.39. The SMILES string of the molecule is C/C=C(\C)CN1CCC[C@@H](CCNC(=O)c2snnc2C)C1. The third-order valence-corrected chi connectivity index (χ3v) is 5.09. The van der Waals surface area contributed by atoms with Gasteiger partial charge < -0.3 is 5.32 Å². The van der Waals surface area contributed by atoms with E-state index in [1.165, 1.54) is 36.5 Å². The Morgan fingerprint density at radius 1 is 1.55 bits per heavy atom. The molecule has 22 heavy (non-hydrogen) atoms. The van der Waals surface area contributed by atoms with Gasteiger partial charge in [-0.1, -0.05) is 16.1 Å². The van der Waals surface area contributed by atoms with Gasteiger partial charge in [0, 0.05) is 19.6 Å². The van der Waals surface area contributed by atoms with Crippen LogP contribution in [0.1, 0.15) is 48.5 Å². The van der Waals surface area contributed by atoms with Crippen LogP contribution in [0.25, 0.3) is 0 Å². The summed E-state index contributed by atoms with van der Waals surface area (Å²) >= 11 is 1.17. The van der Waals surface area contributed by atoms with E-state index in [0.717, 1.165) is 26.1 Å². The van der Waals surface area contributed by atoms with Gasteiger partial charge in [0.2, 0.25) is 0 Å². The number of hydrogen-bond acceptors (Lipinski definition) is 5. The normalized spacial score (nSPS) is 20.1. The number of nitrogens with one attached hydrogen (secondary N) is 1. The molecule has 122 valence electrons. The fourth-order valence-corrected chi connectivity index (χ4v) is 3.46. The molecule has 0 unspecified atom stereocenters. The Bertz CT molecular complexity index is 526. The van der Waals surface area contributed by atoms with E-state index < -0.39 is 0 Å². The molecule has 0 radical (unpaired) electrons. The number of aryl methyl sites for hydroxylation is 1. The number of carbonyl (C=O) groups excluding carboxylic acids is 1. The first-order valence-electron chi connectivity index (χ1n) is 8.01. The Kier molecular flexibility index (Phi) is 6.51. The first-order chi connectivity index (χ1) is 10.6. The molecule has 0 spiro atoms. The zero-order chi connectivity index (χ0) is 15.9. The van der Waals surface area contributed by atoms with Crippen molar-refractivity contribution in [3.63, 3.8) is 0 Å². The van der Waals surface area contributed by atoms with E-state index in [1.807, 2.05) is 6.92 Å². The van der Waals surface area contributed by atoms with Gasteiger partial charge in [0.15, 0.2) is 0 Å². The highest BCUT2D eigenvalue weighted by molar-refractivity contribution is 7.07. The monoisotopic (exact) mass is 322 g/mol. The number of aromatic nitrogens is 2. The summed E-state index contributed by atoms with van der Waals surface area (Å²) in [6, 6.07) is 0. The van der Waals surface area contributed by atoms with Crippen LogP contribution in [-0.2, 0) is 0 Å². The average Bonchev–Trinajstić information content (AvgIpc) is 2.93. The van der Waals surface area contributed by atoms with Crippen LogP contribution in [0.4, 0.5) is 0 Å². The van der Waals surface area contributed by atoms with Crippen molar-refractivity contribution in [2.45, 2.75) is 40.0 Å². The predicted molar refractivity (Wildman–Crippen MR) is 90.2 cm³/mol. The molecule has 2 heterocycles. The molecule has 2 rings (SSSR count). The average molecular weight is 322 g/mol. The first-order valence-corrected chi connectivity index (χ1v) is 8.78. The molecule has 1 N–H and O–H groups in total. The van der Waals surface area contributed by atoms with E-state index in [2.05, 4.69) is 39.7 Å². The van der Waals surface area contributed by atoms with Crippen LogP contribution < -0.4 is 5.32 Å². The Labute approximate surface area is 137 Å². The van der Waals surface area contributed by atoms with Gasteiger partial charge in [-0.15, -0.1) is 5.10 Å². The topological polar surface area (TPSA) is 58.1 Å². The summed E-state index contributed by atoms with van der Waals surface area (Å²) in [5, 5.41) is 6.88. The van der Waals surface area contributed by atoms with Crippen molar-refractivity contribution in [2.75, 3.05) is 26.2 Å². The second-order valence-electron chi connectivity index (χ2n) is 6.11. The van der Waals surface area contributed by atoms with Crippen LogP contribution in [0.2, 0.25) is 0 Å².